The molecule has 0 saturated carbocycles. The molecule has 3 nitrogen and oxygen atoms in total. The lowest BCUT2D eigenvalue weighted by molar-refractivity contribution is 0.318. The highest BCUT2D eigenvalue weighted by molar-refractivity contribution is 5.59. The summed E-state index contributed by atoms with van der Waals surface area (Å²) in [5.74, 6) is 0.820. The number of benzene rings is 2. The summed E-state index contributed by atoms with van der Waals surface area (Å²) >= 11 is 0. The van der Waals surface area contributed by atoms with Crippen LogP contribution in [0, 0.1) is 0 Å². The van der Waals surface area contributed by atoms with Crippen molar-refractivity contribution >= 4 is 11.4 Å². The van der Waals surface area contributed by atoms with Crippen LogP contribution in [0.5, 0.6) is 5.75 Å². The van der Waals surface area contributed by atoms with E-state index in [4.69, 9.17) is 10.5 Å². The number of nitrogen functional groups attached to an aromatic ring is 1. The molecule has 0 radical (unpaired) electrons. The third-order valence-corrected chi connectivity index (χ3v) is 3.33. The lowest BCUT2D eigenvalue weighted by Gasteiger charge is -2.11. The van der Waals surface area contributed by atoms with E-state index in [1.807, 2.05) is 18.2 Å². The van der Waals surface area contributed by atoms with E-state index in [2.05, 4.69) is 43.4 Å². The van der Waals surface area contributed by atoms with Crippen LogP contribution in [-0.2, 0) is 13.0 Å². The molecule has 0 aliphatic carbocycles. The highest BCUT2D eigenvalue weighted by Crippen LogP contribution is 2.23. The van der Waals surface area contributed by atoms with Crippen molar-refractivity contribution in [1.82, 2.24) is 0 Å². The van der Waals surface area contributed by atoms with Gasteiger partial charge in [0.15, 0.2) is 0 Å². The maximum absolute atomic E-state index is 5.92. The first-order chi connectivity index (χ1) is 10.2. The quantitative estimate of drug-likeness (QED) is 0.748. The molecule has 0 unspecified atom stereocenters. The normalized spacial score (nSPS) is 10.4. The number of hydrogen-bond donors (Lipinski definition) is 2. The Hall–Kier alpha value is -2.16. The van der Waals surface area contributed by atoms with Gasteiger partial charge in [0, 0.05) is 30.1 Å². The van der Waals surface area contributed by atoms with Crippen molar-refractivity contribution in [1.29, 1.82) is 0 Å². The lowest BCUT2D eigenvalue weighted by atomic mass is 10.1. The molecule has 2 aromatic rings. The molecule has 0 fully saturated rings. The molecular formula is C18H24N2O. The molecule has 2 aromatic carbocycles. The smallest absolute Gasteiger partial charge is 0.123 e. The van der Waals surface area contributed by atoms with Gasteiger partial charge >= 0.3 is 0 Å². The molecule has 0 spiro atoms. The first kappa shape index (κ1) is 15.2. The van der Waals surface area contributed by atoms with Crippen LogP contribution in [0.1, 0.15) is 31.4 Å². The van der Waals surface area contributed by atoms with Crippen LogP contribution in [0.3, 0.4) is 0 Å². The van der Waals surface area contributed by atoms with E-state index < -0.39 is 0 Å². The summed E-state index contributed by atoms with van der Waals surface area (Å²) in [7, 11) is 0. The summed E-state index contributed by atoms with van der Waals surface area (Å²) in [4.78, 5) is 0. The van der Waals surface area contributed by atoms with Crippen LogP contribution >= 0.6 is 0 Å². The van der Waals surface area contributed by atoms with Crippen molar-refractivity contribution in [3.8, 4) is 5.75 Å². The van der Waals surface area contributed by atoms with Gasteiger partial charge in [-0.1, -0.05) is 38.1 Å². The Kier molecular flexibility index (Phi) is 5.50. The molecule has 3 N–H and O–H groups in total. The minimum Gasteiger partial charge on any atom is -0.493 e. The molecule has 0 heterocycles. The first-order valence-corrected chi connectivity index (χ1v) is 7.56. The highest BCUT2D eigenvalue weighted by atomic mass is 16.5. The van der Waals surface area contributed by atoms with Crippen molar-refractivity contribution in [2.75, 3.05) is 17.7 Å². The van der Waals surface area contributed by atoms with Crippen molar-refractivity contribution in [2.24, 2.45) is 0 Å². The summed E-state index contributed by atoms with van der Waals surface area (Å²) < 4.78 is 5.64. The average Bonchev–Trinajstić information content (AvgIpc) is 2.51. The molecule has 3 heteroatoms. The minimum absolute atomic E-state index is 0.710. The fourth-order valence-electron chi connectivity index (χ4n) is 2.12. The molecule has 0 bridgehead atoms. The zero-order valence-electron chi connectivity index (χ0n) is 12.9. The summed E-state index contributed by atoms with van der Waals surface area (Å²) in [6, 6.07) is 14.4. The number of rotatable bonds is 7. The standard InChI is InChI=1S/C18H24N2O/c1-3-9-21-18-11-16(19)10-17(12-18)20-13-15-7-5-14(4-2)6-8-15/h5-8,10-12,20H,3-4,9,13,19H2,1-2H3. The van der Waals surface area contributed by atoms with Crippen molar-refractivity contribution in [3.05, 3.63) is 53.6 Å². The molecule has 0 atom stereocenters. The second-order valence-corrected chi connectivity index (χ2v) is 5.16. The number of nitrogens with two attached hydrogens (primary N) is 1. The molecule has 0 amide bonds. The molecule has 112 valence electrons. The second kappa shape index (κ2) is 7.58. The number of ether oxygens (including phenoxy) is 1. The maximum atomic E-state index is 5.92. The van der Waals surface area contributed by atoms with Crippen LogP contribution < -0.4 is 15.8 Å². The fraction of sp³-hybridized carbons (Fsp3) is 0.333. The molecule has 21 heavy (non-hydrogen) atoms. The maximum Gasteiger partial charge on any atom is 0.123 e. The van der Waals surface area contributed by atoms with Crippen molar-refractivity contribution < 1.29 is 4.74 Å². The Morgan fingerprint density at radius 3 is 2.38 bits per heavy atom. The van der Waals surface area contributed by atoms with E-state index in [1.165, 1.54) is 11.1 Å². The van der Waals surface area contributed by atoms with Crippen LogP contribution in [0.25, 0.3) is 0 Å². The highest BCUT2D eigenvalue weighted by Gasteiger charge is 2.01. The van der Waals surface area contributed by atoms with Gasteiger partial charge < -0.3 is 15.8 Å². The van der Waals surface area contributed by atoms with Gasteiger partial charge in [-0.15, -0.1) is 0 Å². The monoisotopic (exact) mass is 284 g/mol. The average molecular weight is 284 g/mol. The summed E-state index contributed by atoms with van der Waals surface area (Å²) in [6.07, 6.45) is 2.06. The topological polar surface area (TPSA) is 47.3 Å². The molecule has 0 saturated heterocycles. The number of anilines is 2. The van der Waals surface area contributed by atoms with E-state index in [0.29, 0.717) is 12.3 Å². The third-order valence-electron chi connectivity index (χ3n) is 3.33. The SMILES string of the molecule is CCCOc1cc(N)cc(NCc2ccc(CC)cc2)c1. The molecule has 0 aromatic heterocycles. The Morgan fingerprint density at radius 2 is 1.71 bits per heavy atom. The number of aryl methyl sites for hydroxylation is 1. The van der Waals surface area contributed by atoms with E-state index in [-0.39, 0.29) is 0 Å². The third kappa shape index (κ3) is 4.71. The Labute approximate surface area is 127 Å². The van der Waals surface area contributed by atoms with Crippen molar-refractivity contribution in [3.63, 3.8) is 0 Å². The van der Waals surface area contributed by atoms with Gasteiger partial charge in [0.2, 0.25) is 0 Å². The Bertz CT molecular complexity index is 564. The van der Waals surface area contributed by atoms with Crippen LogP contribution in [-0.4, -0.2) is 6.61 Å². The van der Waals surface area contributed by atoms with Crippen molar-refractivity contribution in [2.45, 2.75) is 33.2 Å². The summed E-state index contributed by atoms with van der Waals surface area (Å²) in [6.45, 7) is 5.74. The van der Waals surface area contributed by atoms with Gasteiger partial charge in [-0.05, 0) is 30.0 Å². The predicted molar refractivity (Wildman–Crippen MR) is 89.8 cm³/mol. The van der Waals surface area contributed by atoms with Gasteiger partial charge in [0.1, 0.15) is 5.75 Å². The van der Waals surface area contributed by atoms with Gasteiger partial charge in [-0.25, -0.2) is 0 Å². The van der Waals surface area contributed by atoms with Gasteiger partial charge in [0.25, 0.3) is 0 Å². The van der Waals surface area contributed by atoms with Crippen LogP contribution in [0.15, 0.2) is 42.5 Å². The zero-order valence-corrected chi connectivity index (χ0v) is 12.9. The zero-order chi connectivity index (χ0) is 15.1. The predicted octanol–water partition coefficient (Wildman–Crippen LogP) is 4.23. The fourth-order valence-corrected chi connectivity index (χ4v) is 2.12. The Balaban J connectivity index is 1.99. The summed E-state index contributed by atoms with van der Waals surface area (Å²) in [5.41, 5.74) is 10.2. The minimum atomic E-state index is 0.710. The first-order valence-electron chi connectivity index (χ1n) is 7.56. The Morgan fingerprint density at radius 1 is 1.00 bits per heavy atom. The van der Waals surface area contributed by atoms with Gasteiger partial charge in [0.05, 0.1) is 6.61 Å². The lowest BCUT2D eigenvalue weighted by Crippen LogP contribution is -2.02. The molecule has 2 rings (SSSR count). The van der Waals surface area contributed by atoms with E-state index >= 15 is 0 Å². The van der Waals surface area contributed by atoms with E-state index in [0.717, 1.165) is 30.8 Å². The van der Waals surface area contributed by atoms with Crippen LogP contribution in [0.4, 0.5) is 11.4 Å². The van der Waals surface area contributed by atoms with Gasteiger partial charge in [-0.3, -0.25) is 0 Å². The number of nitrogens with one attached hydrogen (secondary N) is 1. The van der Waals surface area contributed by atoms with Crippen LogP contribution in [0.2, 0.25) is 0 Å². The van der Waals surface area contributed by atoms with Gasteiger partial charge in [-0.2, -0.15) is 0 Å². The number of hydrogen-bond acceptors (Lipinski definition) is 3. The van der Waals surface area contributed by atoms with E-state index in [9.17, 15) is 0 Å². The largest absolute Gasteiger partial charge is 0.493 e. The molecule has 0 aliphatic heterocycles. The summed E-state index contributed by atoms with van der Waals surface area (Å²) in [5, 5.41) is 3.40. The molecular weight excluding hydrogens is 260 g/mol. The second-order valence-electron chi connectivity index (χ2n) is 5.16. The molecule has 0 aliphatic rings. The van der Waals surface area contributed by atoms with E-state index in [1.54, 1.807) is 0 Å².